The van der Waals surface area contributed by atoms with E-state index in [0.29, 0.717) is 0 Å². The molecule has 65 heavy (non-hydrogen) atoms. The number of hydrogen-bond acceptors (Lipinski definition) is 1. The molecule has 1 aliphatic carbocycles. The highest BCUT2D eigenvalue weighted by Crippen LogP contribution is 2.55. The molecular formula is C63H46N2. The Bertz CT molecular complexity index is 3390. The van der Waals surface area contributed by atoms with Gasteiger partial charge in [0.05, 0.1) is 11.0 Å². The molecule has 0 N–H and O–H groups in total. The average molecular weight is 831 g/mol. The standard InChI is InChI=1S/C63H46N2/c1-63(2)58-25-12-9-22-54(58)57-41-40-53(61(62(57)63)48-20-15-21-52(42-48)65-59-26-13-10-23-55(59)56-24-11-14-27-60(56)65)47-32-38-51(39-33-47)64(49-34-28-45(29-35-49)43-16-5-3-6-17-43)50-36-30-46(31-37-50)44-18-7-4-8-19-44/h3-42H,1-2H3. The summed E-state index contributed by atoms with van der Waals surface area (Å²) in [7, 11) is 0. The summed E-state index contributed by atoms with van der Waals surface area (Å²) in [6.45, 7) is 4.80. The largest absolute Gasteiger partial charge is 0.311 e. The molecule has 2 heteroatoms. The Morgan fingerprint density at radius 2 is 0.785 bits per heavy atom. The SMILES string of the molecule is CC1(C)c2ccccc2-c2ccc(-c3ccc(N(c4ccc(-c5ccccc5)cc4)c4ccc(-c5ccccc5)cc4)cc3)c(-c3cccc(-n4c5ccccc5c5ccccc54)c3)c21. The van der Waals surface area contributed by atoms with E-state index in [1.165, 1.54) is 88.6 Å². The van der Waals surface area contributed by atoms with E-state index in [1.54, 1.807) is 0 Å². The van der Waals surface area contributed by atoms with Gasteiger partial charge in [-0.25, -0.2) is 0 Å². The summed E-state index contributed by atoms with van der Waals surface area (Å²) in [6, 6.07) is 88.7. The molecule has 308 valence electrons. The first-order valence-electron chi connectivity index (χ1n) is 22.6. The fourth-order valence-electron chi connectivity index (χ4n) is 10.5. The highest BCUT2D eigenvalue weighted by atomic mass is 15.1. The molecule has 12 rings (SSSR count). The summed E-state index contributed by atoms with van der Waals surface area (Å²) < 4.78 is 2.43. The summed E-state index contributed by atoms with van der Waals surface area (Å²) in [6.07, 6.45) is 0. The van der Waals surface area contributed by atoms with Crippen LogP contribution in [-0.2, 0) is 5.41 Å². The molecule has 0 atom stereocenters. The smallest absolute Gasteiger partial charge is 0.0541 e. The lowest BCUT2D eigenvalue weighted by atomic mass is 9.76. The van der Waals surface area contributed by atoms with Crippen molar-refractivity contribution in [2.24, 2.45) is 0 Å². The van der Waals surface area contributed by atoms with Crippen LogP contribution in [0.5, 0.6) is 0 Å². The number of fused-ring (bicyclic) bond motifs is 6. The monoisotopic (exact) mass is 830 g/mol. The van der Waals surface area contributed by atoms with E-state index in [0.717, 1.165) is 22.7 Å². The van der Waals surface area contributed by atoms with E-state index in [1.807, 2.05) is 0 Å². The van der Waals surface area contributed by atoms with E-state index in [2.05, 4.69) is 266 Å². The van der Waals surface area contributed by atoms with Gasteiger partial charge in [0.15, 0.2) is 0 Å². The quantitative estimate of drug-likeness (QED) is 0.148. The Morgan fingerprint density at radius 3 is 1.35 bits per heavy atom. The van der Waals surface area contributed by atoms with E-state index >= 15 is 0 Å². The molecule has 0 saturated heterocycles. The normalized spacial score (nSPS) is 12.6. The summed E-state index contributed by atoms with van der Waals surface area (Å²) in [5.74, 6) is 0. The van der Waals surface area contributed by atoms with Crippen molar-refractivity contribution < 1.29 is 0 Å². The Hall–Kier alpha value is -8.20. The van der Waals surface area contributed by atoms with Crippen LogP contribution in [0.2, 0.25) is 0 Å². The third kappa shape index (κ3) is 6.49. The summed E-state index contributed by atoms with van der Waals surface area (Å²) >= 11 is 0. The van der Waals surface area contributed by atoms with Crippen molar-refractivity contribution in [3.05, 3.63) is 254 Å². The average Bonchev–Trinajstić information content (AvgIpc) is 3.83. The second-order valence-corrected chi connectivity index (χ2v) is 17.7. The lowest BCUT2D eigenvalue weighted by molar-refractivity contribution is 0.662. The molecule has 0 bridgehead atoms. The lowest BCUT2D eigenvalue weighted by Gasteiger charge is -2.28. The molecule has 11 aromatic rings. The molecule has 1 aliphatic rings. The molecule has 0 unspecified atom stereocenters. The number of para-hydroxylation sites is 2. The molecule has 0 radical (unpaired) electrons. The predicted molar refractivity (Wildman–Crippen MR) is 275 cm³/mol. The van der Waals surface area contributed by atoms with Crippen molar-refractivity contribution in [1.29, 1.82) is 0 Å². The van der Waals surface area contributed by atoms with Crippen LogP contribution in [0, 0.1) is 0 Å². The molecule has 0 aliphatic heterocycles. The molecule has 2 nitrogen and oxygen atoms in total. The zero-order valence-corrected chi connectivity index (χ0v) is 36.5. The molecule has 0 spiro atoms. The van der Waals surface area contributed by atoms with Gasteiger partial charge in [-0.3, -0.25) is 0 Å². The number of aromatic nitrogens is 1. The Kier molecular flexibility index (Phi) is 9.21. The van der Waals surface area contributed by atoms with E-state index in [9.17, 15) is 0 Å². The van der Waals surface area contributed by atoms with Gasteiger partial charge < -0.3 is 9.47 Å². The number of nitrogens with zero attached hydrogens (tertiary/aromatic N) is 2. The zero-order valence-electron chi connectivity index (χ0n) is 36.5. The number of benzene rings is 10. The second kappa shape index (κ2) is 15.6. The van der Waals surface area contributed by atoms with Gasteiger partial charge in [0.25, 0.3) is 0 Å². The zero-order chi connectivity index (χ0) is 43.5. The Labute approximate surface area is 381 Å². The summed E-state index contributed by atoms with van der Waals surface area (Å²) in [5, 5.41) is 2.53. The fourth-order valence-corrected chi connectivity index (χ4v) is 10.5. The third-order valence-corrected chi connectivity index (χ3v) is 13.6. The minimum atomic E-state index is -0.214. The van der Waals surface area contributed by atoms with Gasteiger partial charge >= 0.3 is 0 Å². The minimum absolute atomic E-state index is 0.214. The van der Waals surface area contributed by atoms with Crippen LogP contribution < -0.4 is 4.90 Å². The van der Waals surface area contributed by atoms with Crippen molar-refractivity contribution in [2.75, 3.05) is 4.90 Å². The van der Waals surface area contributed by atoms with Crippen LogP contribution in [0.4, 0.5) is 17.1 Å². The van der Waals surface area contributed by atoms with Crippen molar-refractivity contribution >= 4 is 38.9 Å². The maximum Gasteiger partial charge on any atom is 0.0541 e. The molecule has 0 amide bonds. The van der Waals surface area contributed by atoms with Crippen molar-refractivity contribution in [3.8, 4) is 61.3 Å². The van der Waals surface area contributed by atoms with Gasteiger partial charge in [-0.15, -0.1) is 0 Å². The molecule has 10 aromatic carbocycles. The first-order valence-corrected chi connectivity index (χ1v) is 22.6. The van der Waals surface area contributed by atoms with Crippen LogP contribution in [0.1, 0.15) is 25.0 Å². The van der Waals surface area contributed by atoms with E-state index in [4.69, 9.17) is 0 Å². The molecule has 0 fully saturated rings. The topological polar surface area (TPSA) is 8.17 Å². The lowest BCUT2D eigenvalue weighted by Crippen LogP contribution is -2.16. The third-order valence-electron chi connectivity index (χ3n) is 13.6. The van der Waals surface area contributed by atoms with Crippen LogP contribution in [0.3, 0.4) is 0 Å². The molecular weight excluding hydrogens is 785 g/mol. The highest BCUT2D eigenvalue weighted by molar-refractivity contribution is 6.09. The number of rotatable bonds is 8. The van der Waals surface area contributed by atoms with Crippen molar-refractivity contribution in [3.63, 3.8) is 0 Å². The fraction of sp³-hybridized carbons (Fsp3) is 0.0476. The van der Waals surface area contributed by atoms with E-state index < -0.39 is 0 Å². The summed E-state index contributed by atoms with van der Waals surface area (Å²) in [4.78, 5) is 2.37. The van der Waals surface area contributed by atoms with Gasteiger partial charge in [0.1, 0.15) is 0 Å². The highest BCUT2D eigenvalue weighted by Gasteiger charge is 2.38. The van der Waals surface area contributed by atoms with Gasteiger partial charge in [0.2, 0.25) is 0 Å². The van der Waals surface area contributed by atoms with Crippen molar-refractivity contribution in [2.45, 2.75) is 19.3 Å². The minimum Gasteiger partial charge on any atom is -0.311 e. The maximum atomic E-state index is 2.43. The Balaban J connectivity index is 1.00. The van der Waals surface area contributed by atoms with Gasteiger partial charge in [-0.2, -0.15) is 0 Å². The van der Waals surface area contributed by atoms with Crippen LogP contribution >= 0.6 is 0 Å². The first kappa shape index (κ1) is 38.5. The predicted octanol–water partition coefficient (Wildman–Crippen LogP) is 17.2. The van der Waals surface area contributed by atoms with E-state index in [-0.39, 0.29) is 5.41 Å². The summed E-state index contributed by atoms with van der Waals surface area (Å²) in [5.41, 5.74) is 21.7. The Morgan fingerprint density at radius 1 is 0.338 bits per heavy atom. The van der Waals surface area contributed by atoms with Crippen LogP contribution in [0.25, 0.3) is 83.1 Å². The maximum absolute atomic E-state index is 2.43. The molecule has 1 aromatic heterocycles. The van der Waals surface area contributed by atoms with Gasteiger partial charge in [-0.05, 0) is 127 Å². The second-order valence-electron chi connectivity index (χ2n) is 17.7. The first-order chi connectivity index (χ1) is 32.0. The van der Waals surface area contributed by atoms with Gasteiger partial charge in [0, 0.05) is 38.9 Å². The van der Waals surface area contributed by atoms with Crippen molar-refractivity contribution in [1.82, 2.24) is 4.57 Å². The molecule has 0 saturated carbocycles. The molecule has 1 heterocycles. The van der Waals surface area contributed by atoms with Gasteiger partial charge in [-0.1, -0.05) is 196 Å². The van der Waals surface area contributed by atoms with Crippen LogP contribution in [-0.4, -0.2) is 4.57 Å². The number of anilines is 3. The number of hydrogen-bond donors (Lipinski definition) is 0. The van der Waals surface area contributed by atoms with Crippen LogP contribution in [0.15, 0.2) is 243 Å².